The van der Waals surface area contributed by atoms with E-state index < -0.39 is 5.97 Å². The number of hydrogen-bond donors (Lipinski definition) is 0. The zero-order valence-electron chi connectivity index (χ0n) is 17.2. The molecule has 0 aliphatic heterocycles. The van der Waals surface area contributed by atoms with E-state index in [0.717, 1.165) is 11.3 Å². The lowest BCUT2D eigenvalue weighted by molar-refractivity contribution is 0.0465. The van der Waals surface area contributed by atoms with Crippen molar-refractivity contribution in [2.45, 2.75) is 20.5 Å². The van der Waals surface area contributed by atoms with Crippen molar-refractivity contribution in [1.29, 1.82) is 0 Å². The summed E-state index contributed by atoms with van der Waals surface area (Å²) in [6.45, 7) is 3.58. The number of carbonyl (C=O) groups is 2. The predicted molar refractivity (Wildman–Crippen MR) is 116 cm³/mol. The van der Waals surface area contributed by atoms with Crippen LogP contribution in [0.5, 0.6) is 0 Å². The Morgan fingerprint density at radius 2 is 1.61 bits per heavy atom. The van der Waals surface area contributed by atoms with E-state index in [4.69, 9.17) is 4.74 Å². The van der Waals surface area contributed by atoms with E-state index in [-0.39, 0.29) is 29.1 Å². The molecule has 6 nitrogen and oxygen atoms in total. The van der Waals surface area contributed by atoms with E-state index in [1.165, 1.54) is 10.5 Å². The summed E-state index contributed by atoms with van der Waals surface area (Å²) >= 11 is 0. The van der Waals surface area contributed by atoms with Gasteiger partial charge in [0.15, 0.2) is 5.78 Å². The number of aryl methyl sites for hydroxylation is 2. The third-order valence-electron chi connectivity index (χ3n) is 4.99. The number of nitrogens with zero attached hydrogens (tertiary/aromatic N) is 2. The highest BCUT2D eigenvalue weighted by molar-refractivity contribution is 6.14. The van der Waals surface area contributed by atoms with Gasteiger partial charge >= 0.3 is 5.97 Å². The largest absolute Gasteiger partial charge is 0.456 e. The van der Waals surface area contributed by atoms with Crippen molar-refractivity contribution < 1.29 is 14.3 Å². The Morgan fingerprint density at radius 3 is 2.35 bits per heavy atom. The van der Waals surface area contributed by atoms with Crippen LogP contribution in [0.4, 0.5) is 0 Å². The second-order valence-electron chi connectivity index (χ2n) is 7.26. The minimum Gasteiger partial charge on any atom is -0.456 e. The fourth-order valence-corrected chi connectivity index (χ4v) is 3.37. The van der Waals surface area contributed by atoms with Crippen LogP contribution in [0.25, 0.3) is 5.65 Å². The summed E-state index contributed by atoms with van der Waals surface area (Å²) < 4.78 is 6.88. The molecule has 154 valence electrons. The number of ether oxygens (including phenoxy) is 1. The lowest BCUT2D eigenvalue weighted by Gasteiger charge is -2.10. The van der Waals surface area contributed by atoms with E-state index >= 15 is 0 Å². The minimum absolute atomic E-state index is 0.168. The molecule has 2 aromatic heterocycles. The van der Waals surface area contributed by atoms with Gasteiger partial charge in [0, 0.05) is 22.9 Å². The van der Waals surface area contributed by atoms with Crippen LogP contribution in [0.2, 0.25) is 0 Å². The number of fused-ring (bicyclic) bond motifs is 1. The van der Waals surface area contributed by atoms with Crippen molar-refractivity contribution in [3.63, 3.8) is 0 Å². The average Bonchev–Trinajstić information content (AvgIpc) is 2.77. The fraction of sp³-hybridized carbons (Fsp3) is 0.120. The standard InChI is InChI=1S/C25H20N2O4/c1-16-10-12-18(13-11-16)24(29)20-7-3-4-8-21(20)25(30)31-15-19-14-23(28)27-17(2)6-5-9-22(27)26-19/h3-14H,15H2,1-2H3. The first-order valence-corrected chi connectivity index (χ1v) is 9.80. The summed E-state index contributed by atoms with van der Waals surface area (Å²) in [6.07, 6.45) is 0. The maximum Gasteiger partial charge on any atom is 0.339 e. The van der Waals surface area contributed by atoms with E-state index in [2.05, 4.69) is 4.98 Å². The summed E-state index contributed by atoms with van der Waals surface area (Å²) in [6, 6.07) is 20.4. The fourth-order valence-electron chi connectivity index (χ4n) is 3.37. The number of rotatable bonds is 5. The molecule has 4 aromatic rings. The predicted octanol–water partition coefficient (Wildman–Crippen LogP) is 3.90. The molecule has 0 bridgehead atoms. The summed E-state index contributed by atoms with van der Waals surface area (Å²) in [5.74, 6) is -0.910. The Bertz CT molecular complexity index is 1350. The molecule has 6 heteroatoms. The first-order chi connectivity index (χ1) is 14.9. The molecule has 0 N–H and O–H groups in total. The molecule has 0 saturated heterocycles. The van der Waals surface area contributed by atoms with Crippen LogP contribution in [0, 0.1) is 13.8 Å². The topological polar surface area (TPSA) is 77.7 Å². The van der Waals surface area contributed by atoms with Crippen molar-refractivity contribution in [2.24, 2.45) is 0 Å². The molecule has 0 aliphatic carbocycles. The van der Waals surface area contributed by atoms with Gasteiger partial charge in [-0.25, -0.2) is 9.78 Å². The smallest absolute Gasteiger partial charge is 0.339 e. The Balaban J connectivity index is 1.57. The zero-order valence-corrected chi connectivity index (χ0v) is 17.2. The van der Waals surface area contributed by atoms with Crippen molar-refractivity contribution >= 4 is 17.4 Å². The van der Waals surface area contributed by atoms with Crippen LogP contribution >= 0.6 is 0 Å². The van der Waals surface area contributed by atoms with Gasteiger partial charge in [-0.2, -0.15) is 0 Å². The minimum atomic E-state index is -0.651. The highest BCUT2D eigenvalue weighted by atomic mass is 16.5. The van der Waals surface area contributed by atoms with Crippen LogP contribution < -0.4 is 5.56 Å². The number of pyridine rings is 1. The number of ketones is 1. The number of esters is 1. The highest BCUT2D eigenvalue weighted by Gasteiger charge is 2.19. The molecule has 0 saturated carbocycles. The van der Waals surface area contributed by atoms with E-state index in [0.29, 0.717) is 16.9 Å². The molecule has 0 amide bonds. The van der Waals surface area contributed by atoms with Gasteiger partial charge < -0.3 is 4.74 Å². The quantitative estimate of drug-likeness (QED) is 0.367. The molecule has 2 aromatic carbocycles. The summed E-state index contributed by atoms with van der Waals surface area (Å²) in [4.78, 5) is 42.5. The van der Waals surface area contributed by atoms with E-state index in [1.54, 1.807) is 48.5 Å². The summed E-state index contributed by atoms with van der Waals surface area (Å²) in [7, 11) is 0. The second kappa shape index (κ2) is 8.36. The second-order valence-corrected chi connectivity index (χ2v) is 7.26. The molecule has 0 atom stereocenters. The molecule has 31 heavy (non-hydrogen) atoms. The van der Waals surface area contributed by atoms with Crippen LogP contribution in [-0.2, 0) is 11.3 Å². The molecular formula is C25H20N2O4. The molecule has 0 spiro atoms. The van der Waals surface area contributed by atoms with Gasteiger partial charge in [-0.3, -0.25) is 14.0 Å². The maximum absolute atomic E-state index is 12.9. The monoisotopic (exact) mass is 412 g/mol. The molecule has 0 unspecified atom stereocenters. The number of carbonyl (C=O) groups excluding carboxylic acids is 2. The number of aromatic nitrogens is 2. The first-order valence-electron chi connectivity index (χ1n) is 9.80. The number of hydrogen-bond acceptors (Lipinski definition) is 5. The molecule has 4 rings (SSSR count). The highest BCUT2D eigenvalue weighted by Crippen LogP contribution is 2.17. The van der Waals surface area contributed by atoms with Gasteiger partial charge in [0.25, 0.3) is 5.56 Å². The van der Waals surface area contributed by atoms with Crippen LogP contribution in [0.3, 0.4) is 0 Å². The molecule has 0 fully saturated rings. The molecule has 0 aliphatic rings. The third-order valence-corrected chi connectivity index (χ3v) is 4.99. The Morgan fingerprint density at radius 1 is 0.903 bits per heavy atom. The average molecular weight is 412 g/mol. The summed E-state index contributed by atoms with van der Waals surface area (Å²) in [5.41, 5.74) is 3.30. The van der Waals surface area contributed by atoms with Crippen LogP contribution in [-0.4, -0.2) is 21.1 Å². The SMILES string of the molecule is Cc1ccc(C(=O)c2ccccc2C(=O)OCc2cc(=O)n3c(C)cccc3n2)cc1. The van der Waals surface area contributed by atoms with Crippen molar-refractivity contribution in [1.82, 2.24) is 9.38 Å². The van der Waals surface area contributed by atoms with Gasteiger partial charge in [-0.1, -0.05) is 54.1 Å². The third kappa shape index (κ3) is 4.14. The van der Waals surface area contributed by atoms with Gasteiger partial charge in [0.05, 0.1) is 11.3 Å². The van der Waals surface area contributed by atoms with Crippen LogP contribution in [0.15, 0.2) is 77.6 Å². The van der Waals surface area contributed by atoms with Gasteiger partial charge in [-0.15, -0.1) is 0 Å². The zero-order chi connectivity index (χ0) is 22.0. The molecule has 0 radical (unpaired) electrons. The Hall–Kier alpha value is -4.06. The van der Waals surface area contributed by atoms with Crippen LogP contribution in [0.1, 0.15) is 43.2 Å². The number of benzene rings is 2. The summed E-state index contributed by atoms with van der Waals surface area (Å²) in [5, 5.41) is 0. The van der Waals surface area contributed by atoms with Gasteiger partial charge in [0.2, 0.25) is 0 Å². The molecule has 2 heterocycles. The van der Waals surface area contributed by atoms with E-state index in [9.17, 15) is 14.4 Å². The van der Waals surface area contributed by atoms with E-state index in [1.807, 2.05) is 32.0 Å². The first kappa shape index (κ1) is 20.2. The van der Waals surface area contributed by atoms with Crippen molar-refractivity contribution in [3.05, 3.63) is 117 Å². The van der Waals surface area contributed by atoms with Gasteiger partial charge in [0.1, 0.15) is 12.3 Å². The molecular weight excluding hydrogens is 392 g/mol. The Kier molecular flexibility index (Phi) is 5.45. The van der Waals surface area contributed by atoms with Gasteiger partial charge in [-0.05, 0) is 32.0 Å². The lowest BCUT2D eigenvalue weighted by atomic mass is 9.98. The lowest BCUT2D eigenvalue weighted by Crippen LogP contribution is -2.19. The maximum atomic E-state index is 12.9. The normalized spacial score (nSPS) is 10.8. The van der Waals surface area contributed by atoms with Crippen molar-refractivity contribution in [3.8, 4) is 0 Å². The van der Waals surface area contributed by atoms with Crippen molar-refractivity contribution in [2.75, 3.05) is 0 Å². The Labute approximate surface area is 178 Å².